The van der Waals surface area contributed by atoms with Gasteiger partial charge in [-0.05, 0) is 37.9 Å². The number of carbonyl (C=O) groups is 1. The summed E-state index contributed by atoms with van der Waals surface area (Å²) in [6.07, 6.45) is -2.19. The van der Waals surface area contributed by atoms with E-state index in [-0.39, 0.29) is 24.2 Å². The van der Waals surface area contributed by atoms with Crippen LogP contribution in [0, 0.1) is 5.92 Å². The Kier molecular flexibility index (Phi) is 7.55. The predicted molar refractivity (Wildman–Crippen MR) is 90.2 cm³/mol. The van der Waals surface area contributed by atoms with Crippen LogP contribution in [-0.2, 0) is 17.4 Å². The van der Waals surface area contributed by atoms with Crippen LogP contribution in [0.3, 0.4) is 0 Å². The van der Waals surface area contributed by atoms with Crippen LogP contribution < -0.4 is 5.32 Å². The largest absolute Gasteiger partial charge is 0.416 e. The summed E-state index contributed by atoms with van der Waals surface area (Å²) in [5, 5.41) is 3.21. The van der Waals surface area contributed by atoms with Gasteiger partial charge in [0.15, 0.2) is 0 Å². The van der Waals surface area contributed by atoms with E-state index in [1.54, 1.807) is 13.0 Å². The number of carbonyl (C=O) groups excluding carboxylic acids is 1. The van der Waals surface area contributed by atoms with Crippen LogP contribution in [0.1, 0.15) is 30.9 Å². The first-order valence-corrected chi connectivity index (χ1v) is 7.93. The van der Waals surface area contributed by atoms with Gasteiger partial charge in [0.2, 0.25) is 5.91 Å². The molecule has 1 aliphatic heterocycles. The zero-order valence-electron chi connectivity index (χ0n) is 13.9. The number of benzene rings is 1. The van der Waals surface area contributed by atoms with Crippen molar-refractivity contribution in [2.45, 2.75) is 38.4 Å². The van der Waals surface area contributed by atoms with Crippen LogP contribution in [0.5, 0.6) is 0 Å². The molecule has 1 aromatic carbocycles. The lowest BCUT2D eigenvalue weighted by atomic mass is 9.96. The first-order chi connectivity index (χ1) is 10.8. The minimum absolute atomic E-state index is 0. The first kappa shape index (κ1) is 20.8. The number of hydrogen-bond donors (Lipinski definition) is 1. The van der Waals surface area contributed by atoms with E-state index in [2.05, 4.69) is 5.32 Å². The Hall–Kier alpha value is -1.27. The Morgan fingerprint density at radius 2 is 1.96 bits per heavy atom. The Balaban J connectivity index is 0.00000288. The molecule has 0 aromatic heterocycles. The van der Waals surface area contributed by atoms with E-state index in [1.165, 1.54) is 6.07 Å². The third-order valence-corrected chi connectivity index (χ3v) is 4.43. The molecular formula is C17H24ClF3N2O. The molecule has 1 heterocycles. The fraction of sp³-hybridized carbons (Fsp3) is 0.588. The van der Waals surface area contributed by atoms with Crippen LogP contribution in [0.15, 0.2) is 24.3 Å². The zero-order valence-corrected chi connectivity index (χ0v) is 14.7. The van der Waals surface area contributed by atoms with E-state index in [1.807, 2.05) is 11.9 Å². The molecule has 0 aliphatic carbocycles. The van der Waals surface area contributed by atoms with Crippen molar-refractivity contribution in [3.63, 3.8) is 0 Å². The summed E-state index contributed by atoms with van der Waals surface area (Å²) >= 11 is 0. The lowest BCUT2D eigenvalue weighted by Gasteiger charge is -2.33. The number of nitrogens with one attached hydrogen (secondary N) is 1. The molecule has 3 nitrogen and oxygen atoms in total. The third-order valence-electron chi connectivity index (χ3n) is 4.43. The van der Waals surface area contributed by atoms with E-state index in [0.29, 0.717) is 31.1 Å². The molecule has 2 rings (SSSR count). The second kappa shape index (κ2) is 8.72. The summed E-state index contributed by atoms with van der Waals surface area (Å²) < 4.78 is 38.2. The summed E-state index contributed by atoms with van der Waals surface area (Å²) in [7, 11) is 1.92. The van der Waals surface area contributed by atoms with Gasteiger partial charge in [0.1, 0.15) is 0 Å². The summed E-state index contributed by atoms with van der Waals surface area (Å²) in [6.45, 7) is 3.20. The molecule has 1 amide bonds. The van der Waals surface area contributed by atoms with Gasteiger partial charge in [-0.2, -0.15) is 13.2 Å². The highest BCUT2D eigenvalue weighted by Gasteiger charge is 2.31. The standard InChI is InChI=1S/C17H23F3N2O.ClH/c1-12(16(23)22-8-6-15(21-2)7-9-22)10-13-4-3-5-14(11-13)17(18,19)20;/h3-5,11-12,15,21H,6-10H2,1-2H3;1H. The van der Waals surface area contributed by atoms with Crippen molar-refractivity contribution in [1.82, 2.24) is 10.2 Å². The van der Waals surface area contributed by atoms with E-state index >= 15 is 0 Å². The normalized spacial score (nSPS) is 17.3. The van der Waals surface area contributed by atoms with E-state index in [9.17, 15) is 18.0 Å². The quantitative estimate of drug-likeness (QED) is 0.886. The molecule has 1 atom stereocenters. The van der Waals surface area contributed by atoms with Gasteiger partial charge in [-0.3, -0.25) is 4.79 Å². The molecule has 1 fully saturated rings. The maximum absolute atomic E-state index is 12.7. The number of alkyl halides is 3. The molecule has 0 bridgehead atoms. The average molecular weight is 365 g/mol. The van der Waals surface area contributed by atoms with Gasteiger partial charge in [0, 0.05) is 25.0 Å². The minimum atomic E-state index is -4.35. The molecule has 0 radical (unpaired) electrons. The van der Waals surface area contributed by atoms with Crippen LogP contribution in [0.4, 0.5) is 13.2 Å². The highest BCUT2D eigenvalue weighted by atomic mass is 35.5. The maximum Gasteiger partial charge on any atom is 0.416 e. The number of nitrogens with zero attached hydrogens (tertiary/aromatic N) is 1. The van der Waals surface area contributed by atoms with Crippen molar-refractivity contribution in [2.75, 3.05) is 20.1 Å². The summed E-state index contributed by atoms with van der Waals surface area (Å²) in [4.78, 5) is 14.3. The van der Waals surface area contributed by atoms with Crippen LogP contribution >= 0.6 is 12.4 Å². The van der Waals surface area contributed by atoms with Crippen molar-refractivity contribution < 1.29 is 18.0 Å². The van der Waals surface area contributed by atoms with Crippen molar-refractivity contribution >= 4 is 18.3 Å². The number of piperidine rings is 1. The van der Waals surface area contributed by atoms with Crippen LogP contribution in [0.25, 0.3) is 0 Å². The van der Waals surface area contributed by atoms with E-state index in [0.717, 1.165) is 25.0 Å². The highest BCUT2D eigenvalue weighted by molar-refractivity contribution is 5.85. The molecule has 1 saturated heterocycles. The second-order valence-electron chi connectivity index (χ2n) is 6.19. The average Bonchev–Trinajstić information content (AvgIpc) is 2.53. The molecule has 0 saturated carbocycles. The molecule has 24 heavy (non-hydrogen) atoms. The third kappa shape index (κ3) is 5.38. The molecule has 1 aliphatic rings. The molecule has 1 aromatic rings. The summed E-state index contributed by atoms with van der Waals surface area (Å²) in [5.41, 5.74) is -0.115. The topological polar surface area (TPSA) is 32.3 Å². The summed E-state index contributed by atoms with van der Waals surface area (Å²) in [6, 6.07) is 5.67. The SMILES string of the molecule is CNC1CCN(C(=O)C(C)Cc2cccc(C(F)(F)F)c2)CC1.Cl. The minimum Gasteiger partial charge on any atom is -0.342 e. The number of rotatable bonds is 4. The van der Waals surface area contributed by atoms with Crippen molar-refractivity contribution in [1.29, 1.82) is 0 Å². The lowest BCUT2D eigenvalue weighted by Crippen LogP contribution is -2.45. The van der Waals surface area contributed by atoms with Crippen LogP contribution in [-0.4, -0.2) is 37.0 Å². The van der Waals surface area contributed by atoms with Gasteiger partial charge in [0.25, 0.3) is 0 Å². The van der Waals surface area contributed by atoms with Gasteiger partial charge in [0.05, 0.1) is 5.56 Å². The number of hydrogen-bond acceptors (Lipinski definition) is 2. The van der Waals surface area contributed by atoms with Gasteiger partial charge < -0.3 is 10.2 Å². The van der Waals surface area contributed by atoms with E-state index in [4.69, 9.17) is 0 Å². The van der Waals surface area contributed by atoms with Gasteiger partial charge >= 0.3 is 6.18 Å². The Morgan fingerprint density at radius 3 is 2.50 bits per heavy atom. The summed E-state index contributed by atoms with van der Waals surface area (Å²) in [5.74, 6) is -0.290. The lowest BCUT2D eigenvalue weighted by molar-refractivity contribution is -0.137. The predicted octanol–water partition coefficient (Wildman–Crippen LogP) is 3.52. The molecule has 136 valence electrons. The smallest absolute Gasteiger partial charge is 0.342 e. The van der Waals surface area contributed by atoms with Crippen molar-refractivity contribution in [2.24, 2.45) is 5.92 Å². The fourth-order valence-electron chi connectivity index (χ4n) is 3.02. The van der Waals surface area contributed by atoms with Crippen LogP contribution in [0.2, 0.25) is 0 Å². The van der Waals surface area contributed by atoms with Gasteiger partial charge in [-0.15, -0.1) is 12.4 Å². The Bertz CT molecular complexity index is 543. The molecule has 7 heteroatoms. The molecular weight excluding hydrogens is 341 g/mol. The van der Waals surface area contributed by atoms with E-state index < -0.39 is 11.7 Å². The fourth-order valence-corrected chi connectivity index (χ4v) is 3.02. The number of amides is 1. The first-order valence-electron chi connectivity index (χ1n) is 7.93. The Labute approximate surface area is 147 Å². The Morgan fingerprint density at radius 1 is 1.33 bits per heavy atom. The molecule has 1 N–H and O–H groups in total. The van der Waals surface area contributed by atoms with Crippen molar-refractivity contribution in [3.05, 3.63) is 35.4 Å². The number of halogens is 4. The monoisotopic (exact) mass is 364 g/mol. The highest BCUT2D eigenvalue weighted by Crippen LogP contribution is 2.30. The zero-order chi connectivity index (χ0) is 17.0. The molecule has 0 spiro atoms. The van der Waals surface area contributed by atoms with Crippen molar-refractivity contribution in [3.8, 4) is 0 Å². The maximum atomic E-state index is 12.7. The second-order valence-corrected chi connectivity index (χ2v) is 6.19. The molecule has 1 unspecified atom stereocenters. The van der Waals surface area contributed by atoms with Gasteiger partial charge in [-0.25, -0.2) is 0 Å². The van der Waals surface area contributed by atoms with Gasteiger partial charge in [-0.1, -0.05) is 25.1 Å². The number of likely N-dealkylation sites (tertiary alicyclic amines) is 1.